The summed E-state index contributed by atoms with van der Waals surface area (Å²) >= 11 is 0. The molecule has 1 saturated carbocycles. The van der Waals surface area contributed by atoms with E-state index in [0.29, 0.717) is 30.2 Å². The first kappa shape index (κ1) is 19.3. The molecular formula is C19H32N4O2. The van der Waals surface area contributed by atoms with Gasteiger partial charge in [-0.1, -0.05) is 20.3 Å². The standard InChI is InChI=1S/C19H32N4O2/c1-4-20-18(23-14-19(8-6-9-19)13-15(2)3)22-11-10-21-17(24)16-7-5-12-25-16/h5,7,12,15H,4,6,8-11,13-14H2,1-3H3,(H,21,24)(H2,20,22,23). The van der Waals surface area contributed by atoms with Crippen LogP contribution in [0.1, 0.15) is 57.0 Å². The maximum Gasteiger partial charge on any atom is 0.287 e. The van der Waals surface area contributed by atoms with Gasteiger partial charge in [-0.2, -0.15) is 0 Å². The Morgan fingerprint density at radius 2 is 2.04 bits per heavy atom. The van der Waals surface area contributed by atoms with Gasteiger partial charge in [-0.25, -0.2) is 0 Å². The minimum atomic E-state index is -0.195. The fourth-order valence-corrected chi connectivity index (χ4v) is 3.41. The number of furan rings is 1. The molecule has 1 aliphatic carbocycles. The van der Waals surface area contributed by atoms with E-state index in [1.54, 1.807) is 12.1 Å². The van der Waals surface area contributed by atoms with Crippen LogP contribution in [-0.4, -0.2) is 38.0 Å². The zero-order valence-corrected chi connectivity index (χ0v) is 15.7. The molecule has 2 rings (SSSR count). The number of hydrogen-bond acceptors (Lipinski definition) is 3. The highest BCUT2D eigenvalue weighted by Crippen LogP contribution is 2.46. The van der Waals surface area contributed by atoms with E-state index in [1.165, 1.54) is 31.9 Å². The normalized spacial score (nSPS) is 16.4. The summed E-state index contributed by atoms with van der Waals surface area (Å²) in [4.78, 5) is 16.6. The minimum Gasteiger partial charge on any atom is -0.459 e. The highest BCUT2D eigenvalue weighted by Gasteiger charge is 2.37. The number of carbonyl (C=O) groups is 1. The summed E-state index contributed by atoms with van der Waals surface area (Å²) in [5, 5.41) is 9.39. The van der Waals surface area contributed by atoms with Crippen LogP contribution in [0, 0.1) is 11.3 Å². The Morgan fingerprint density at radius 1 is 1.28 bits per heavy atom. The number of guanidine groups is 1. The molecule has 0 saturated heterocycles. The molecule has 1 fully saturated rings. The van der Waals surface area contributed by atoms with Crippen LogP contribution in [0.5, 0.6) is 0 Å². The van der Waals surface area contributed by atoms with Crippen LogP contribution in [0.25, 0.3) is 0 Å². The van der Waals surface area contributed by atoms with Crippen LogP contribution in [0.4, 0.5) is 0 Å². The molecule has 0 radical (unpaired) electrons. The third-order valence-corrected chi connectivity index (χ3v) is 4.62. The van der Waals surface area contributed by atoms with E-state index in [1.807, 2.05) is 0 Å². The highest BCUT2D eigenvalue weighted by atomic mass is 16.3. The maximum absolute atomic E-state index is 11.8. The molecule has 0 spiro atoms. The number of carbonyl (C=O) groups excluding carboxylic acids is 1. The van der Waals surface area contributed by atoms with E-state index >= 15 is 0 Å². The molecule has 0 unspecified atom stereocenters. The predicted molar refractivity (Wildman–Crippen MR) is 101 cm³/mol. The van der Waals surface area contributed by atoms with Crippen molar-refractivity contribution < 1.29 is 9.21 Å². The molecule has 25 heavy (non-hydrogen) atoms. The zero-order valence-electron chi connectivity index (χ0n) is 15.7. The Bertz CT molecular complexity index is 548. The molecule has 140 valence electrons. The second kappa shape index (κ2) is 9.49. The van der Waals surface area contributed by atoms with Crippen molar-refractivity contribution in [1.82, 2.24) is 16.0 Å². The SMILES string of the molecule is CCNC(=NCC1(CC(C)C)CCC1)NCCNC(=O)c1ccco1. The van der Waals surface area contributed by atoms with Crippen molar-refractivity contribution in [3.63, 3.8) is 0 Å². The van der Waals surface area contributed by atoms with E-state index in [9.17, 15) is 4.79 Å². The molecule has 0 aliphatic heterocycles. The van der Waals surface area contributed by atoms with Gasteiger partial charge in [0.25, 0.3) is 5.91 Å². The van der Waals surface area contributed by atoms with Crippen molar-refractivity contribution in [3.05, 3.63) is 24.2 Å². The van der Waals surface area contributed by atoms with Gasteiger partial charge in [-0.05, 0) is 49.7 Å². The number of amides is 1. The first-order valence-electron chi connectivity index (χ1n) is 9.38. The van der Waals surface area contributed by atoms with Gasteiger partial charge in [0.2, 0.25) is 0 Å². The van der Waals surface area contributed by atoms with E-state index < -0.39 is 0 Å². The maximum atomic E-state index is 11.8. The molecule has 1 heterocycles. The average Bonchev–Trinajstić information content (AvgIpc) is 3.07. The van der Waals surface area contributed by atoms with Crippen LogP contribution in [0.2, 0.25) is 0 Å². The molecule has 0 bridgehead atoms. The lowest BCUT2D eigenvalue weighted by atomic mass is 9.64. The van der Waals surface area contributed by atoms with Gasteiger partial charge in [-0.3, -0.25) is 9.79 Å². The molecule has 1 aromatic rings. The van der Waals surface area contributed by atoms with Gasteiger partial charge in [0.05, 0.1) is 6.26 Å². The fourth-order valence-electron chi connectivity index (χ4n) is 3.41. The Balaban J connectivity index is 1.76. The van der Waals surface area contributed by atoms with Gasteiger partial charge in [0, 0.05) is 26.2 Å². The third-order valence-electron chi connectivity index (χ3n) is 4.62. The van der Waals surface area contributed by atoms with Crippen LogP contribution in [0.3, 0.4) is 0 Å². The Kier molecular flexibility index (Phi) is 7.34. The smallest absolute Gasteiger partial charge is 0.287 e. The van der Waals surface area contributed by atoms with Crippen LogP contribution < -0.4 is 16.0 Å². The lowest BCUT2D eigenvalue weighted by Gasteiger charge is -2.42. The molecule has 1 amide bonds. The van der Waals surface area contributed by atoms with E-state index in [-0.39, 0.29) is 5.91 Å². The second-order valence-electron chi connectivity index (χ2n) is 7.31. The number of aliphatic imine (C=N–C) groups is 1. The lowest BCUT2D eigenvalue weighted by molar-refractivity contribution is 0.0926. The summed E-state index contributed by atoms with van der Waals surface area (Å²) in [5.74, 6) is 1.67. The summed E-state index contributed by atoms with van der Waals surface area (Å²) in [6.07, 6.45) is 6.64. The first-order valence-corrected chi connectivity index (χ1v) is 9.38. The van der Waals surface area contributed by atoms with Crippen molar-refractivity contribution in [1.29, 1.82) is 0 Å². The van der Waals surface area contributed by atoms with Gasteiger partial charge >= 0.3 is 0 Å². The Morgan fingerprint density at radius 3 is 2.60 bits per heavy atom. The Hall–Kier alpha value is -1.98. The van der Waals surface area contributed by atoms with Crippen molar-refractivity contribution >= 4 is 11.9 Å². The molecule has 1 aliphatic rings. The van der Waals surface area contributed by atoms with Crippen molar-refractivity contribution in [2.75, 3.05) is 26.2 Å². The predicted octanol–water partition coefficient (Wildman–Crippen LogP) is 2.78. The van der Waals surface area contributed by atoms with Gasteiger partial charge in [0.15, 0.2) is 11.7 Å². The Labute approximate surface area is 150 Å². The molecule has 0 aromatic carbocycles. The minimum absolute atomic E-state index is 0.195. The van der Waals surface area contributed by atoms with Gasteiger partial charge < -0.3 is 20.4 Å². The van der Waals surface area contributed by atoms with E-state index in [0.717, 1.165) is 19.0 Å². The first-order chi connectivity index (χ1) is 12.0. The monoisotopic (exact) mass is 348 g/mol. The molecule has 3 N–H and O–H groups in total. The number of rotatable bonds is 9. The van der Waals surface area contributed by atoms with Gasteiger partial charge in [-0.15, -0.1) is 0 Å². The zero-order chi connectivity index (χ0) is 18.1. The highest BCUT2D eigenvalue weighted by molar-refractivity contribution is 5.91. The lowest BCUT2D eigenvalue weighted by Crippen LogP contribution is -2.43. The van der Waals surface area contributed by atoms with Crippen LogP contribution in [-0.2, 0) is 0 Å². The molecular weight excluding hydrogens is 316 g/mol. The van der Waals surface area contributed by atoms with Crippen molar-refractivity contribution in [2.24, 2.45) is 16.3 Å². The van der Waals surface area contributed by atoms with Crippen molar-refractivity contribution in [3.8, 4) is 0 Å². The summed E-state index contributed by atoms with van der Waals surface area (Å²) in [7, 11) is 0. The number of hydrogen-bond donors (Lipinski definition) is 3. The molecule has 6 nitrogen and oxygen atoms in total. The van der Waals surface area contributed by atoms with E-state index in [2.05, 4.69) is 36.7 Å². The van der Waals surface area contributed by atoms with Crippen LogP contribution in [0.15, 0.2) is 27.8 Å². The second-order valence-corrected chi connectivity index (χ2v) is 7.31. The molecule has 1 aromatic heterocycles. The number of nitrogens with zero attached hydrogens (tertiary/aromatic N) is 1. The quantitative estimate of drug-likeness (QED) is 0.364. The summed E-state index contributed by atoms with van der Waals surface area (Å²) in [6, 6.07) is 3.36. The van der Waals surface area contributed by atoms with Crippen molar-refractivity contribution in [2.45, 2.75) is 46.5 Å². The summed E-state index contributed by atoms with van der Waals surface area (Å²) in [6.45, 7) is 9.46. The van der Waals surface area contributed by atoms with Crippen LogP contribution >= 0.6 is 0 Å². The van der Waals surface area contributed by atoms with E-state index in [4.69, 9.17) is 9.41 Å². The topological polar surface area (TPSA) is 78.7 Å². The number of nitrogens with one attached hydrogen (secondary N) is 3. The summed E-state index contributed by atoms with van der Waals surface area (Å²) < 4.78 is 5.07. The largest absolute Gasteiger partial charge is 0.459 e. The summed E-state index contributed by atoms with van der Waals surface area (Å²) in [5.41, 5.74) is 0.393. The van der Waals surface area contributed by atoms with Gasteiger partial charge in [0.1, 0.15) is 0 Å². The fraction of sp³-hybridized carbons (Fsp3) is 0.684. The third kappa shape index (κ3) is 6.11. The average molecular weight is 348 g/mol. The molecule has 0 atom stereocenters. The molecule has 6 heteroatoms.